The van der Waals surface area contributed by atoms with E-state index >= 15 is 0 Å². The minimum absolute atomic E-state index is 0.108. The summed E-state index contributed by atoms with van der Waals surface area (Å²) >= 11 is 0. The van der Waals surface area contributed by atoms with Crippen LogP contribution < -0.4 is 5.32 Å². The molecular formula is C24H30N8O. The number of likely N-dealkylation sites (N-methyl/N-ethyl adjacent to an activating group) is 1. The molecule has 9 heteroatoms. The van der Waals surface area contributed by atoms with Crippen molar-refractivity contribution in [2.24, 2.45) is 4.99 Å². The average Bonchev–Trinajstić information content (AvgIpc) is 3.33. The van der Waals surface area contributed by atoms with Crippen LogP contribution in [0.1, 0.15) is 43.4 Å². The molecule has 9 nitrogen and oxygen atoms in total. The number of hydrogen-bond donors (Lipinski definition) is 2. The molecule has 0 aliphatic carbocycles. The number of hydrogen-bond acceptors (Lipinski definition) is 6. The number of aromatic amines is 1. The van der Waals surface area contributed by atoms with Crippen molar-refractivity contribution in [1.29, 1.82) is 0 Å². The topological polar surface area (TPSA) is 104 Å². The lowest BCUT2D eigenvalue weighted by Gasteiger charge is -2.13. The third-order valence-electron chi connectivity index (χ3n) is 5.70. The fourth-order valence-electron chi connectivity index (χ4n) is 4.09. The monoisotopic (exact) mass is 446 g/mol. The highest BCUT2D eigenvalue weighted by atomic mass is 16.2. The second-order valence-electron chi connectivity index (χ2n) is 8.94. The SMILES string of the molecule is C/C(=N/c1ccc2[nH]c(-c3cn4ncnc4c(C)c3C)c(C(C)C)c2n1)NC(=O)CN(C)C. The Balaban J connectivity index is 1.80. The summed E-state index contributed by atoms with van der Waals surface area (Å²) in [5.41, 5.74) is 8.16. The van der Waals surface area contributed by atoms with Crippen LogP contribution in [0.25, 0.3) is 27.9 Å². The van der Waals surface area contributed by atoms with E-state index in [1.54, 1.807) is 13.3 Å². The number of fused-ring (bicyclic) bond motifs is 2. The van der Waals surface area contributed by atoms with Crippen LogP contribution >= 0.6 is 0 Å². The van der Waals surface area contributed by atoms with E-state index in [0.717, 1.165) is 44.6 Å². The fraction of sp³-hybridized carbons (Fsp3) is 0.375. The lowest BCUT2D eigenvalue weighted by atomic mass is 9.95. The quantitative estimate of drug-likeness (QED) is 0.359. The van der Waals surface area contributed by atoms with E-state index in [0.29, 0.717) is 18.2 Å². The first-order valence-electron chi connectivity index (χ1n) is 11.0. The molecule has 0 radical (unpaired) electrons. The van der Waals surface area contributed by atoms with E-state index in [1.807, 2.05) is 41.8 Å². The van der Waals surface area contributed by atoms with Gasteiger partial charge in [0.05, 0.1) is 23.3 Å². The Kier molecular flexibility index (Phi) is 5.99. The number of aromatic nitrogens is 5. The Bertz CT molecular complexity index is 1380. The molecular weight excluding hydrogens is 416 g/mol. The Morgan fingerprint density at radius 2 is 2.00 bits per heavy atom. The third-order valence-corrected chi connectivity index (χ3v) is 5.70. The first-order chi connectivity index (χ1) is 15.7. The highest BCUT2D eigenvalue weighted by Crippen LogP contribution is 2.37. The van der Waals surface area contributed by atoms with Crippen LogP contribution in [0.15, 0.2) is 29.6 Å². The predicted molar refractivity (Wildman–Crippen MR) is 131 cm³/mol. The standard InChI is InChI=1S/C24H30N8O/c1-13(2)21-22(17-10-32-24(25-12-26-32)15(4)14(17)3)29-18-8-9-19(30-23(18)21)27-16(5)28-20(33)11-31(6)7/h8-10,12-13,29H,11H2,1-7H3,(H,27,28,30,33). The van der Waals surface area contributed by atoms with Crippen molar-refractivity contribution in [3.05, 3.63) is 41.3 Å². The largest absolute Gasteiger partial charge is 0.353 e. The van der Waals surface area contributed by atoms with Crippen molar-refractivity contribution in [3.8, 4) is 11.3 Å². The van der Waals surface area contributed by atoms with Gasteiger partial charge in [-0.1, -0.05) is 13.8 Å². The molecule has 33 heavy (non-hydrogen) atoms. The number of rotatable bonds is 5. The fourth-order valence-corrected chi connectivity index (χ4v) is 4.09. The Morgan fingerprint density at radius 3 is 2.70 bits per heavy atom. The first-order valence-corrected chi connectivity index (χ1v) is 11.0. The van der Waals surface area contributed by atoms with Crippen molar-refractivity contribution in [2.75, 3.05) is 20.6 Å². The molecule has 1 amide bonds. The summed E-state index contributed by atoms with van der Waals surface area (Å²) in [5.74, 6) is 1.19. The maximum atomic E-state index is 12.0. The number of H-pyrrole nitrogens is 1. The summed E-state index contributed by atoms with van der Waals surface area (Å²) < 4.78 is 1.82. The van der Waals surface area contributed by atoms with Crippen molar-refractivity contribution in [3.63, 3.8) is 0 Å². The zero-order valence-corrected chi connectivity index (χ0v) is 20.2. The molecule has 0 bridgehead atoms. The summed E-state index contributed by atoms with van der Waals surface area (Å²) in [5, 5.41) is 7.15. The Labute approximate surface area is 193 Å². The maximum Gasteiger partial charge on any atom is 0.239 e. The van der Waals surface area contributed by atoms with Crippen LogP contribution in [0, 0.1) is 13.8 Å². The highest BCUT2D eigenvalue weighted by molar-refractivity contribution is 5.99. The number of amidine groups is 1. The number of carbonyl (C=O) groups excluding carboxylic acids is 1. The van der Waals surface area contributed by atoms with Crippen LogP contribution in [0.5, 0.6) is 0 Å². The van der Waals surface area contributed by atoms with E-state index in [2.05, 4.69) is 53.1 Å². The summed E-state index contributed by atoms with van der Waals surface area (Å²) in [6, 6.07) is 3.84. The van der Waals surface area contributed by atoms with Crippen molar-refractivity contribution in [2.45, 2.75) is 40.5 Å². The first kappa shape index (κ1) is 22.6. The summed E-state index contributed by atoms with van der Waals surface area (Å²) in [6.45, 7) is 10.6. The van der Waals surface area contributed by atoms with Gasteiger partial charge >= 0.3 is 0 Å². The minimum Gasteiger partial charge on any atom is -0.353 e. The number of pyridine rings is 2. The molecule has 0 aromatic carbocycles. The number of aliphatic imine (C=N–C) groups is 1. The van der Waals surface area contributed by atoms with E-state index in [1.165, 1.54) is 0 Å². The molecule has 0 saturated carbocycles. The summed E-state index contributed by atoms with van der Waals surface area (Å²) in [7, 11) is 3.70. The molecule has 4 aromatic rings. The zero-order chi connectivity index (χ0) is 23.9. The molecule has 0 fully saturated rings. The van der Waals surface area contributed by atoms with Crippen LogP contribution in [-0.4, -0.2) is 61.8 Å². The molecule has 2 N–H and O–H groups in total. The molecule has 4 rings (SSSR count). The second-order valence-corrected chi connectivity index (χ2v) is 8.94. The number of amides is 1. The summed E-state index contributed by atoms with van der Waals surface area (Å²) in [6.07, 6.45) is 3.59. The molecule has 0 aliphatic rings. The lowest BCUT2D eigenvalue weighted by molar-refractivity contribution is -0.120. The molecule has 0 unspecified atom stereocenters. The van der Waals surface area contributed by atoms with E-state index < -0.39 is 0 Å². The molecule has 0 saturated heterocycles. The average molecular weight is 447 g/mol. The zero-order valence-electron chi connectivity index (χ0n) is 20.2. The molecule has 0 aliphatic heterocycles. The minimum atomic E-state index is -0.108. The van der Waals surface area contributed by atoms with E-state index in [-0.39, 0.29) is 11.8 Å². The van der Waals surface area contributed by atoms with Gasteiger partial charge in [0.25, 0.3) is 0 Å². The van der Waals surface area contributed by atoms with Crippen molar-refractivity contribution < 1.29 is 4.79 Å². The molecule has 4 heterocycles. The van der Waals surface area contributed by atoms with Gasteiger partial charge in [0.15, 0.2) is 11.5 Å². The molecule has 4 aromatic heterocycles. The molecule has 0 atom stereocenters. The normalized spacial score (nSPS) is 12.5. The van der Waals surface area contributed by atoms with Crippen LogP contribution in [-0.2, 0) is 4.79 Å². The van der Waals surface area contributed by atoms with Crippen LogP contribution in [0.2, 0.25) is 0 Å². The smallest absolute Gasteiger partial charge is 0.239 e. The molecule has 172 valence electrons. The van der Waals surface area contributed by atoms with Gasteiger partial charge in [-0.3, -0.25) is 4.79 Å². The number of nitrogens with zero attached hydrogens (tertiary/aromatic N) is 6. The number of nitrogens with one attached hydrogen (secondary N) is 2. The van der Waals surface area contributed by atoms with Gasteiger partial charge < -0.3 is 15.2 Å². The van der Waals surface area contributed by atoms with Gasteiger partial charge in [0, 0.05) is 17.3 Å². The van der Waals surface area contributed by atoms with Crippen LogP contribution in [0.3, 0.4) is 0 Å². The van der Waals surface area contributed by atoms with Crippen LogP contribution in [0.4, 0.5) is 5.82 Å². The van der Waals surface area contributed by atoms with Gasteiger partial charge in [-0.2, -0.15) is 5.10 Å². The Morgan fingerprint density at radius 1 is 1.24 bits per heavy atom. The van der Waals surface area contributed by atoms with Gasteiger partial charge in [-0.05, 0) is 64.0 Å². The van der Waals surface area contributed by atoms with Gasteiger partial charge in [-0.15, -0.1) is 0 Å². The number of carbonyl (C=O) groups is 1. The summed E-state index contributed by atoms with van der Waals surface area (Å²) in [4.78, 5) is 31.1. The Hall–Kier alpha value is -3.59. The number of aryl methyl sites for hydroxylation is 1. The second kappa shape index (κ2) is 8.74. The third kappa shape index (κ3) is 4.36. The van der Waals surface area contributed by atoms with E-state index in [9.17, 15) is 4.79 Å². The van der Waals surface area contributed by atoms with Crippen molar-refractivity contribution in [1.82, 2.24) is 34.8 Å². The molecule has 0 spiro atoms. The van der Waals surface area contributed by atoms with Gasteiger partial charge in [0.2, 0.25) is 5.91 Å². The maximum absolute atomic E-state index is 12.0. The van der Waals surface area contributed by atoms with Gasteiger partial charge in [0.1, 0.15) is 12.2 Å². The lowest BCUT2D eigenvalue weighted by Crippen LogP contribution is -2.36. The predicted octanol–water partition coefficient (Wildman–Crippen LogP) is 3.74. The van der Waals surface area contributed by atoms with Crippen molar-refractivity contribution >= 4 is 34.2 Å². The van der Waals surface area contributed by atoms with E-state index in [4.69, 9.17) is 4.98 Å². The van der Waals surface area contributed by atoms with Gasteiger partial charge in [-0.25, -0.2) is 19.5 Å². The highest BCUT2D eigenvalue weighted by Gasteiger charge is 2.21.